The van der Waals surface area contributed by atoms with Crippen molar-refractivity contribution in [3.8, 4) is 11.5 Å². The second-order valence-corrected chi connectivity index (χ2v) is 11.8. The number of rotatable bonds is 16. The molecule has 5 amide bonds. The Bertz CT molecular complexity index is 2010. The minimum absolute atomic E-state index is 0.00200. The molecule has 0 heterocycles. The fourth-order valence-corrected chi connectivity index (χ4v) is 4.79. The quantitative estimate of drug-likeness (QED) is 0.0634. The van der Waals surface area contributed by atoms with Crippen LogP contribution in [-0.2, 0) is 9.59 Å². The Kier molecular flexibility index (Phi) is 12.9. The number of amides is 5. The third-order valence-electron chi connectivity index (χ3n) is 7.31. The maximum absolute atomic E-state index is 13.4. The highest BCUT2D eigenvalue weighted by molar-refractivity contribution is 6.10. The van der Waals surface area contributed by atoms with Gasteiger partial charge in [0.05, 0.1) is 29.3 Å². The van der Waals surface area contributed by atoms with E-state index >= 15 is 0 Å². The highest BCUT2D eigenvalue weighted by atomic mass is 16.5. The van der Waals surface area contributed by atoms with Crippen LogP contribution < -0.4 is 42.2 Å². The van der Waals surface area contributed by atoms with Crippen LogP contribution in [0.2, 0.25) is 0 Å². The Morgan fingerprint density at radius 1 is 0.736 bits per heavy atom. The number of benzene rings is 4. The van der Waals surface area contributed by atoms with Crippen molar-refractivity contribution in [1.29, 1.82) is 0 Å². The molecule has 1 atom stereocenters. The van der Waals surface area contributed by atoms with Crippen molar-refractivity contribution in [2.24, 2.45) is 5.73 Å². The minimum atomic E-state index is -1.29. The monoisotopic (exact) mass is 722 g/mol. The maximum Gasteiger partial charge on any atom is 0.335 e. The van der Waals surface area contributed by atoms with Crippen LogP contribution in [0.15, 0.2) is 97.6 Å². The molecule has 4 rings (SSSR count). The second kappa shape index (κ2) is 17.7. The predicted octanol–water partition coefficient (Wildman–Crippen LogP) is 4.44. The topological polar surface area (TPSA) is 241 Å². The third-order valence-corrected chi connectivity index (χ3v) is 7.31. The summed E-state index contributed by atoms with van der Waals surface area (Å²) in [6, 6.07) is 19.0. The van der Waals surface area contributed by atoms with E-state index < -0.39 is 54.1 Å². The molecule has 0 spiro atoms. The number of nitrogens with two attached hydrogens (primary N) is 2. The average molecular weight is 723 g/mol. The number of anilines is 4. The Balaban J connectivity index is 1.52. The smallest absolute Gasteiger partial charge is 0.335 e. The molecule has 0 aliphatic rings. The van der Waals surface area contributed by atoms with Crippen molar-refractivity contribution >= 4 is 58.3 Å². The van der Waals surface area contributed by atoms with E-state index in [1.54, 1.807) is 13.8 Å². The van der Waals surface area contributed by atoms with Gasteiger partial charge < -0.3 is 47.3 Å². The largest absolute Gasteiger partial charge is 0.485 e. The number of hydrogen-bond donors (Lipinski definition) is 7. The van der Waals surface area contributed by atoms with E-state index in [0.29, 0.717) is 11.4 Å². The Labute approximate surface area is 304 Å². The van der Waals surface area contributed by atoms with Crippen molar-refractivity contribution in [2.45, 2.75) is 32.4 Å². The number of nitrogens with one attached hydrogen (secondary N) is 4. The zero-order chi connectivity index (χ0) is 38.7. The molecule has 15 nitrogen and oxygen atoms in total. The molecule has 274 valence electrons. The number of primary amides is 1. The van der Waals surface area contributed by atoms with Gasteiger partial charge in [0, 0.05) is 28.2 Å². The van der Waals surface area contributed by atoms with E-state index in [4.69, 9.17) is 26.0 Å². The molecule has 9 N–H and O–H groups in total. The van der Waals surface area contributed by atoms with Crippen molar-refractivity contribution in [3.05, 3.63) is 120 Å². The lowest BCUT2D eigenvalue weighted by molar-refractivity contribution is -0.123. The number of carbonyl (C=O) groups is 6. The summed E-state index contributed by atoms with van der Waals surface area (Å²) in [4.78, 5) is 75.5. The first-order valence-corrected chi connectivity index (χ1v) is 16.1. The molecule has 0 fully saturated rings. The maximum atomic E-state index is 13.4. The van der Waals surface area contributed by atoms with Gasteiger partial charge in [-0.05, 0) is 98.8 Å². The zero-order valence-electron chi connectivity index (χ0n) is 28.8. The van der Waals surface area contributed by atoms with Crippen LogP contribution in [0.25, 0.3) is 0 Å². The van der Waals surface area contributed by atoms with Gasteiger partial charge in [0.15, 0.2) is 11.5 Å². The molecule has 0 aliphatic carbocycles. The fraction of sp³-hybridized carbons (Fsp3) is 0.158. The standard InChI is InChI=1S/C38H38N6O9/c1-4-19-52-32-28(36(48)41-26-15-9-24(10-16-26)38(50)51)17-18-29(33(32)53-21(2)3)43-34(46)23-7-13-27(14-8-23)42-37(49)30(20-31(40)45)44-35(47)22-5-11-25(39)12-6-22/h4-18,21,30H,1,19-20,39H2,2-3H3,(H2,40,45)(H,41,48)(H,42,49)(H,43,46)(H,44,47)(H,50,51). The normalized spacial score (nSPS) is 11.1. The van der Waals surface area contributed by atoms with Crippen LogP contribution in [0.1, 0.15) is 61.7 Å². The minimum Gasteiger partial charge on any atom is -0.485 e. The molecule has 0 saturated carbocycles. The van der Waals surface area contributed by atoms with Crippen molar-refractivity contribution in [2.75, 3.05) is 28.3 Å². The second-order valence-electron chi connectivity index (χ2n) is 11.8. The first-order valence-electron chi connectivity index (χ1n) is 16.1. The summed E-state index contributed by atoms with van der Waals surface area (Å²) >= 11 is 0. The number of ether oxygens (including phenoxy) is 2. The van der Waals surface area contributed by atoms with Crippen molar-refractivity contribution in [1.82, 2.24) is 5.32 Å². The lowest BCUT2D eigenvalue weighted by atomic mass is 10.1. The average Bonchev–Trinajstić information content (AvgIpc) is 3.11. The number of nitrogen functional groups attached to an aromatic ring is 1. The van der Waals surface area contributed by atoms with Crippen LogP contribution in [0.3, 0.4) is 0 Å². The van der Waals surface area contributed by atoms with E-state index in [1.165, 1.54) is 91.0 Å². The molecular formula is C38H38N6O9. The first-order chi connectivity index (χ1) is 25.2. The molecule has 4 aromatic rings. The van der Waals surface area contributed by atoms with Crippen molar-refractivity contribution in [3.63, 3.8) is 0 Å². The van der Waals surface area contributed by atoms with Gasteiger partial charge in [0.25, 0.3) is 17.7 Å². The van der Waals surface area contributed by atoms with Crippen LogP contribution in [0.4, 0.5) is 22.7 Å². The van der Waals surface area contributed by atoms with Crippen LogP contribution >= 0.6 is 0 Å². The SMILES string of the molecule is C=CCOc1c(C(=O)Nc2ccc(C(=O)O)cc2)ccc(NC(=O)c2ccc(NC(=O)C(CC(N)=O)NC(=O)c3ccc(N)cc3)cc2)c1OC(C)C. The summed E-state index contributed by atoms with van der Waals surface area (Å²) in [6.45, 7) is 7.17. The number of carboxylic acids is 1. The number of hydrogen-bond acceptors (Lipinski definition) is 9. The zero-order valence-corrected chi connectivity index (χ0v) is 28.8. The molecular weight excluding hydrogens is 684 g/mol. The molecule has 53 heavy (non-hydrogen) atoms. The van der Waals surface area contributed by atoms with Crippen LogP contribution in [-0.4, -0.2) is 59.4 Å². The Morgan fingerprint density at radius 2 is 1.30 bits per heavy atom. The highest BCUT2D eigenvalue weighted by Gasteiger charge is 2.25. The molecule has 1 unspecified atom stereocenters. The lowest BCUT2D eigenvalue weighted by Gasteiger charge is -2.21. The summed E-state index contributed by atoms with van der Waals surface area (Å²) in [6.07, 6.45) is 0.601. The van der Waals surface area contributed by atoms with Gasteiger partial charge >= 0.3 is 5.97 Å². The molecule has 0 radical (unpaired) electrons. The number of aromatic carboxylic acids is 1. The summed E-state index contributed by atoms with van der Waals surface area (Å²) in [5.74, 6) is -4.29. The van der Waals surface area contributed by atoms with Gasteiger partial charge in [-0.25, -0.2) is 4.79 Å². The molecule has 0 bridgehead atoms. The summed E-state index contributed by atoms with van der Waals surface area (Å²) in [7, 11) is 0. The van der Waals surface area contributed by atoms with E-state index in [9.17, 15) is 28.8 Å². The van der Waals surface area contributed by atoms with Gasteiger partial charge in [0.1, 0.15) is 12.6 Å². The highest BCUT2D eigenvalue weighted by Crippen LogP contribution is 2.40. The van der Waals surface area contributed by atoms with Gasteiger partial charge in [0.2, 0.25) is 11.8 Å². The van der Waals surface area contributed by atoms with E-state index in [1.807, 2.05) is 0 Å². The van der Waals surface area contributed by atoms with Gasteiger partial charge in [-0.1, -0.05) is 12.7 Å². The van der Waals surface area contributed by atoms with E-state index in [0.717, 1.165) is 0 Å². The van der Waals surface area contributed by atoms with Crippen LogP contribution in [0, 0.1) is 0 Å². The molecule has 0 aromatic heterocycles. The summed E-state index contributed by atoms with van der Waals surface area (Å²) in [5.41, 5.74) is 12.8. The third kappa shape index (κ3) is 10.7. The van der Waals surface area contributed by atoms with Gasteiger partial charge in [-0.2, -0.15) is 0 Å². The molecule has 15 heteroatoms. The Hall–Kier alpha value is -7.16. The van der Waals surface area contributed by atoms with Gasteiger partial charge in [-0.15, -0.1) is 0 Å². The number of carbonyl (C=O) groups excluding carboxylic acids is 5. The summed E-state index contributed by atoms with van der Waals surface area (Å²) in [5, 5.41) is 19.7. The molecule has 0 saturated heterocycles. The Morgan fingerprint density at radius 3 is 1.87 bits per heavy atom. The van der Waals surface area contributed by atoms with Crippen molar-refractivity contribution < 1.29 is 43.3 Å². The molecule has 0 aliphatic heterocycles. The van der Waals surface area contributed by atoms with E-state index in [-0.39, 0.29) is 51.7 Å². The van der Waals surface area contributed by atoms with E-state index in [2.05, 4.69) is 27.8 Å². The van der Waals surface area contributed by atoms with Crippen LogP contribution in [0.5, 0.6) is 11.5 Å². The summed E-state index contributed by atoms with van der Waals surface area (Å²) < 4.78 is 11.9. The lowest BCUT2D eigenvalue weighted by Crippen LogP contribution is -2.46. The molecule has 4 aromatic carbocycles. The fourth-order valence-electron chi connectivity index (χ4n) is 4.79. The van der Waals surface area contributed by atoms with Gasteiger partial charge in [-0.3, -0.25) is 24.0 Å². The number of carboxylic acid groups (broad SMARTS) is 1. The first kappa shape index (κ1) is 38.6. The predicted molar refractivity (Wildman–Crippen MR) is 198 cm³/mol.